The number of para-hydroxylation sites is 1. The Hall–Kier alpha value is -3.04. The molecule has 5 nitrogen and oxygen atoms in total. The molecule has 0 bridgehead atoms. The summed E-state index contributed by atoms with van der Waals surface area (Å²) in [6, 6.07) is 17.6. The van der Waals surface area contributed by atoms with Gasteiger partial charge in [0.05, 0.1) is 15.8 Å². The van der Waals surface area contributed by atoms with Crippen LogP contribution in [0.1, 0.15) is 11.1 Å². The van der Waals surface area contributed by atoms with Crippen LogP contribution in [0.4, 0.5) is 19.0 Å². The minimum absolute atomic E-state index is 0.283. The van der Waals surface area contributed by atoms with Gasteiger partial charge in [-0.2, -0.15) is 13.2 Å². The van der Waals surface area contributed by atoms with Gasteiger partial charge in [-0.05, 0) is 35.9 Å². The number of thiazole rings is 1. The predicted octanol–water partition coefficient (Wildman–Crippen LogP) is 5.09. The molecule has 0 saturated carbocycles. The van der Waals surface area contributed by atoms with Gasteiger partial charge in [-0.1, -0.05) is 30.3 Å². The van der Waals surface area contributed by atoms with Crippen LogP contribution in [0, 0.1) is 0 Å². The molecule has 1 saturated heterocycles. The quantitative estimate of drug-likeness (QED) is 0.429. The minimum Gasteiger partial charge on any atom is -0.353 e. The van der Waals surface area contributed by atoms with Crippen LogP contribution < -0.4 is 4.90 Å². The molecule has 9 heteroatoms. The third-order valence-electron chi connectivity index (χ3n) is 5.58. The maximum Gasteiger partial charge on any atom is 0.416 e. The molecule has 5 rings (SSSR count). The van der Waals surface area contributed by atoms with Crippen molar-refractivity contribution in [2.75, 3.05) is 31.1 Å². The van der Waals surface area contributed by atoms with Crippen molar-refractivity contribution in [1.29, 1.82) is 0 Å². The first kappa shape index (κ1) is 20.8. The van der Waals surface area contributed by atoms with E-state index >= 15 is 0 Å². The van der Waals surface area contributed by atoms with Crippen molar-refractivity contribution in [2.45, 2.75) is 12.7 Å². The van der Waals surface area contributed by atoms with Gasteiger partial charge in [0.2, 0.25) is 0 Å². The molecule has 1 aliphatic rings. The summed E-state index contributed by atoms with van der Waals surface area (Å²) in [5.74, 6) is 0.769. The van der Waals surface area contributed by atoms with E-state index in [1.807, 2.05) is 41.3 Å². The summed E-state index contributed by atoms with van der Waals surface area (Å²) >= 11 is 1.58. The number of anilines is 1. The third kappa shape index (κ3) is 4.31. The molecular formula is C23H20F3N5S. The lowest BCUT2D eigenvalue weighted by Gasteiger charge is -2.35. The highest BCUT2D eigenvalue weighted by Gasteiger charge is 2.33. The van der Waals surface area contributed by atoms with Gasteiger partial charge in [0.25, 0.3) is 0 Å². The van der Waals surface area contributed by atoms with E-state index < -0.39 is 11.7 Å². The zero-order valence-corrected chi connectivity index (χ0v) is 17.9. The molecule has 4 aromatic rings. The molecule has 164 valence electrons. The minimum atomic E-state index is -4.33. The lowest BCUT2D eigenvalue weighted by atomic mass is 10.1. The Kier molecular flexibility index (Phi) is 5.52. The highest BCUT2D eigenvalue weighted by Crippen LogP contribution is 2.33. The summed E-state index contributed by atoms with van der Waals surface area (Å²) in [5.41, 5.74) is 1.44. The van der Waals surface area contributed by atoms with Gasteiger partial charge in [-0.25, -0.2) is 4.98 Å². The first-order chi connectivity index (χ1) is 15.5. The highest BCUT2D eigenvalue weighted by atomic mass is 32.1. The number of aromatic nitrogens is 3. The monoisotopic (exact) mass is 455 g/mol. The molecule has 0 spiro atoms. The zero-order valence-electron chi connectivity index (χ0n) is 17.1. The lowest BCUT2D eigenvalue weighted by Crippen LogP contribution is -2.46. The van der Waals surface area contributed by atoms with Gasteiger partial charge < -0.3 is 4.90 Å². The van der Waals surface area contributed by atoms with Crippen molar-refractivity contribution in [3.05, 3.63) is 71.8 Å². The van der Waals surface area contributed by atoms with E-state index in [0.29, 0.717) is 31.7 Å². The molecule has 0 aliphatic carbocycles. The fourth-order valence-electron chi connectivity index (χ4n) is 3.90. The summed E-state index contributed by atoms with van der Waals surface area (Å²) in [6.45, 7) is 2.97. The first-order valence-corrected chi connectivity index (χ1v) is 11.1. The van der Waals surface area contributed by atoms with E-state index in [4.69, 9.17) is 0 Å². The number of hydrogen-bond acceptors (Lipinski definition) is 6. The molecule has 0 unspecified atom stereocenters. The first-order valence-electron chi connectivity index (χ1n) is 10.3. The molecule has 2 aromatic carbocycles. The number of fused-ring (bicyclic) bond motifs is 1. The van der Waals surface area contributed by atoms with E-state index in [2.05, 4.69) is 20.1 Å². The zero-order chi connectivity index (χ0) is 22.1. The Bertz CT molecular complexity index is 1180. The Balaban J connectivity index is 1.23. The molecule has 0 amide bonds. The summed E-state index contributed by atoms with van der Waals surface area (Å²) < 4.78 is 40.9. The van der Waals surface area contributed by atoms with E-state index in [0.717, 1.165) is 32.8 Å². The van der Waals surface area contributed by atoms with E-state index in [1.165, 1.54) is 6.07 Å². The third-order valence-corrected chi connectivity index (χ3v) is 6.64. The maximum absolute atomic E-state index is 13.3. The number of alkyl halides is 3. The van der Waals surface area contributed by atoms with Crippen molar-refractivity contribution in [3.8, 4) is 10.7 Å². The molecule has 0 N–H and O–H groups in total. The fourth-order valence-corrected chi connectivity index (χ4v) is 4.83. The molecule has 0 radical (unpaired) electrons. The van der Waals surface area contributed by atoms with Crippen LogP contribution in [0.15, 0.2) is 60.7 Å². The number of benzene rings is 2. The lowest BCUT2D eigenvalue weighted by molar-refractivity contribution is -0.138. The van der Waals surface area contributed by atoms with Gasteiger partial charge in [0.1, 0.15) is 10.7 Å². The number of halogens is 3. The van der Waals surface area contributed by atoms with E-state index in [1.54, 1.807) is 23.5 Å². The SMILES string of the molecule is FC(F)(F)c1ccccc1CN1CCN(c2ccc(-c3nc4ccccc4s3)nn2)CC1. The molecule has 3 heterocycles. The number of rotatable bonds is 4. The Morgan fingerprint density at radius 1 is 0.844 bits per heavy atom. The summed E-state index contributed by atoms with van der Waals surface area (Å²) in [4.78, 5) is 8.77. The van der Waals surface area contributed by atoms with E-state index in [9.17, 15) is 13.2 Å². The van der Waals surface area contributed by atoms with Crippen molar-refractivity contribution in [1.82, 2.24) is 20.1 Å². The standard InChI is InChI=1S/C23H20F3N5S/c24-23(25,26)17-6-2-1-5-16(17)15-30-11-13-31(14-12-30)21-10-9-19(28-29-21)22-27-18-7-3-4-8-20(18)32-22/h1-10H,11-15H2. The number of hydrogen-bond donors (Lipinski definition) is 0. The molecule has 0 atom stereocenters. The van der Waals surface area contributed by atoms with Crippen molar-refractivity contribution >= 4 is 27.4 Å². The second kappa shape index (κ2) is 8.48. The smallest absolute Gasteiger partial charge is 0.353 e. The van der Waals surface area contributed by atoms with Crippen LogP contribution in [0.25, 0.3) is 20.9 Å². The number of piperazine rings is 1. The molecular weight excluding hydrogens is 435 g/mol. The van der Waals surface area contributed by atoms with Crippen LogP contribution in [0.5, 0.6) is 0 Å². The normalized spacial score (nSPS) is 15.4. The molecule has 32 heavy (non-hydrogen) atoms. The number of nitrogens with zero attached hydrogens (tertiary/aromatic N) is 5. The van der Waals surface area contributed by atoms with Crippen LogP contribution in [-0.2, 0) is 12.7 Å². The largest absolute Gasteiger partial charge is 0.416 e. The van der Waals surface area contributed by atoms with Gasteiger partial charge in [0, 0.05) is 32.7 Å². The molecule has 2 aromatic heterocycles. The Labute approximate surface area is 187 Å². The van der Waals surface area contributed by atoms with Crippen molar-refractivity contribution in [2.24, 2.45) is 0 Å². The van der Waals surface area contributed by atoms with E-state index in [-0.39, 0.29) is 6.54 Å². The van der Waals surface area contributed by atoms with Crippen molar-refractivity contribution < 1.29 is 13.2 Å². The van der Waals surface area contributed by atoms with Gasteiger partial charge >= 0.3 is 6.18 Å². The second-order valence-electron chi connectivity index (χ2n) is 7.68. The Morgan fingerprint density at radius 2 is 1.59 bits per heavy atom. The van der Waals surface area contributed by atoms with Crippen LogP contribution >= 0.6 is 11.3 Å². The molecule has 1 aliphatic heterocycles. The summed E-state index contributed by atoms with van der Waals surface area (Å²) in [7, 11) is 0. The van der Waals surface area contributed by atoms with Crippen molar-refractivity contribution in [3.63, 3.8) is 0 Å². The van der Waals surface area contributed by atoms with Gasteiger partial charge in [-0.15, -0.1) is 21.5 Å². The topological polar surface area (TPSA) is 45.2 Å². The maximum atomic E-state index is 13.3. The van der Waals surface area contributed by atoms with Gasteiger partial charge in [-0.3, -0.25) is 4.90 Å². The fraction of sp³-hybridized carbons (Fsp3) is 0.261. The van der Waals surface area contributed by atoms with Crippen LogP contribution in [0.3, 0.4) is 0 Å². The highest BCUT2D eigenvalue weighted by molar-refractivity contribution is 7.21. The molecule has 1 fully saturated rings. The van der Waals surface area contributed by atoms with Crippen LogP contribution in [-0.4, -0.2) is 46.3 Å². The predicted molar refractivity (Wildman–Crippen MR) is 120 cm³/mol. The summed E-state index contributed by atoms with van der Waals surface area (Å²) in [5, 5.41) is 9.57. The Morgan fingerprint density at radius 3 is 2.31 bits per heavy atom. The summed E-state index contributed by atoms with van der Waals surface area (Å²) in [6.07, 6.45) is -4.33. The second-order valence-corrected chi connectivity index (χ2v) is 8.71. The average Bonchev–Trinajstić information content (AvgIpc) is 3.24. The average molecular weight is 456 g/mol. The van der Waals surface area contributed by atoms with Gasteiger partial charge in [0.15, 0.2) is 5.82 Å². The van der Waals surface area contributed by atoms with Crippen LogP contribution in [0.2, 0.25) is 0 Å².